The highest BCUT2D eigenvalue weighted by Gasteiger charge is 2.42. The first-order valence-electron chi connectivity index (χ1n) is 15.2. The van der Waals surface area contributed by atoms with Crippen molar-refractivity contribution in [2.24, 2.45) is 0 Å². The first-order chi connectivity index (χ1) is 21.8. The number of fused-ring (bicyclic) bond motifs is 11. The van der Waals surface area contributed by atoms with Gasteiger partial charge in [-0.15, -0.1) is 0 Å². The molecule has 1 aromatic heterocycles. The van der Waals surface area contributed by atoms with Gasteiger partial charge in [-0.3, -0.25) is 4.98 Å². The number of hydrogen-bond acceptors (Lipinski definition) is 2. The van der Waals surface area contributed by atoms with Gasteiger partial charge in [0.05, 0.1) is 0 Å². The third-order valence-electron chi connectivity index (χ3n) is 9.15. The van der Waals surface area contributed by atoms with Crippen LogP contribution in [-0.4, -0.2) is 11.8 Å². The molecule has 2 nitrogen and oxygen atoms in total. The van der Waals surface area contributed by atoms with Gasteiger partial charge in [0.15, 0.2) is 0 Å². The van der Waals surface area contributed by atoms with Gasteiger partial charge in [0.1, 0.15) is 0 Å². The maximum Gasteiger partial charge on any atom is 0.329 e. The maximum atomic E-state index is 4.64. The van der Waals surface area contributed by atoms with E-state index in [9.17, 15) is 0 Å². The molecule has 3 heterocycles. The summed E-state index contributed by atoms with van der Waals surface area (Å²) in [6.45, 7) is 0.0962. The molecule has 0 unspecified atom stereocenters. The van der Waals surface area contributed by atoms with Crippen molar-refractivity contribution in [3.63, 3.8) is 0 Å². The highest BCUT2D eigenvalue weighted by atomic mass is 15.1. The van der Waals surface area contributed by atoms with Crippen LogP contribution in [0.3, 0.4) is 0 Å². The lowest BCUT2D eigenvalue weighted by atomic mass is 9.43. The van der Waals surface area contributed by atoms with E-state index in [1.807, 2.05) is 12.4 Å². The van der Waals surface area contributed by atoms with Gasteiger partial charge >= 0.3 is 6.85 Å². The Hall–Kier alpha value is -5.67. The van der Waals surface area contributed by atoms with Gasteiger partial charge in [-0.25, -0.2) is 0 Å². The molecule has 0 N–H and O–H groups in total. The highest BCUT2D eigenvalue weighted by Crippen LogP contribution is 2.47. The molecule has 0 saturated carbocycles. The van der Waals surface area contributed by atoms with Crippen LogP contribution in [0.5, 0.6) is 0 Å². The zero-order valence-corrected chi connectivity index (χ0v) is 24.1. The van der Waals surface area contributed by atoms with E-state index in [1.165, 1.54) is 66.8 Å². The highest BCUT2D eigenvalue weighted by molar-refractivity contribution is 6.92. The van der Waals surface area contributed by atoms with Gasteiger partial charge in [-0.2, -0.15) is 0 Å². The number of nitrogens with zero attached hydrogens (tertiary/aromatic N) is 2. The lowest BCUT2D eigenvalue weighted by Crippen LogP contribution is -2.59. The number of anilines is 2. The summed E-state index contributed by atoms with van der Waals surface area (Å²) in [6.07, 6.45) is 3.92. The van der Waals surface area contributed by atoms with Crippen molar-refractivity contribution in [3.05, 3.63) is 164 Å². The quantitative estimate of drug-likeness (QED) is 0.201. The Labute approximate surface area is 258 Å². The van der Waals surface area contributed by atoms with E-state index in [2.05, 4.69) is 161 Å². The van der Waals surface area contributed by atoms with Crippen molar-refractivity contribution >= 4 is 29.1 Å². The molecule has 0 aliphatic carbocycles. The Morgan fingerprint density at radius 3 is 1.39 bits per heavy atom. The van der Waals surface area contributed by atoms with Crippen molar-refractivity contribution in [1.29, 1.82) is 0 Å². The molecule has 6 aromatic carbocycles. The molecule has 2 aliphatic rings. The van der Waals surface area contributed by atoms with Crippen LogP contribution in [-0.2, 0) is 0 Å². The summed E-state index contributed by atoms with van der Waals surface area (Å²) >= 11 is 0. The largest absolute Gasteiger partial charge is 0.376 e. The Morgan fingerprint density at radius 2 is 0.818 bits per heavy atom. The number of hydrogen-bond donors (Lipinski definition) is 0. The minimum Gasteiger partial charge on any atom is -0.376 e. The van der Waals surface area contributed by atoms with Crippen molar-refractivity contribution < 1.29 is 0 Å². The summed E-state index contributed by atoms with van der Waals surface area (Å²) < 4.78 is 0. The second-order valence-electron chi connectivity index (χ2n) is 11.6. The van der Waals surface area contributed by atoms with E-state index >= 15 is 0 Å². The van der Waals surface area contributed by atoms with Gasteiger partial charge in [-0.05, 0) is 74.6 Å². The molecule has 0 radical (unpaired) electrons. The monoisotopic (exact) mass is 558 g/mol. The van der Waals surface area contributed by atoms with Crippen LogP contribution in [0.25, 0.3) is 55.6 Å². The predicted molar refractivity (Wildman–Crippen MR) is 185 cm³/mol. The van der Waals surface area contributed by atoms with E-state index in [4.69, 9.17) is 0 Å². The molecule has 9 rings (SSSR count). The Morgan fingerprint density at radius 1 is 0.364 bits per heavy atom. The predicted octanol–water partition coefficient (Wildman–Crippen LogP) is 8.99. The average molecular weight is 558 g/mol. The topological polar surface area (TPSA) is 16.1 Å². The van der Waals surface area contributed by atoms with Gasteiger partial charge in [0.25, 0.3) is 0 Å². The fourth-order valence-electron chi connectivity index (χ4n) is 7.11. The number of benzene rings is 6. The zero-order chi connectivity index (χ0) is 29.0. The summed E-state index contributed by atoms with van der Waals surface area (Å²) in [6, 6.07) is 55.2. The lowest BCUT2D eigenvalue weighted by Gasteiger charge is -2.43. The molecular weight excluding hydrogens is 531 g/mol. The second-order valence-corrected chi connectivity index (χ2v) is 11.6. The van der Waals surface area contributed by atoms with E-state index in [-0.39, 0.29) is 6.85 Å². The molecule has 2 aliphatic heterocycles. The van der Waals surface area contributed by atoms with Crippen molar-refractivity contribution in [2.75, 3.05) is 4.81 Å². The van der Waals surface area contributed by atoms with Crippen LogP contribution in [0.1, 0.15) is 0 Å². The fraction of sp³-hybridized carbons (Fsp3) is 0. The Kier molecular flexibility index (Phi) is 5.64. The molecule has 0 atom stereocenters. The Balaban J connectivity index is 1.24. The summed E-state index contributed by atoms with van der Waals surface area (Å²) in [4.78, 5) is 7.20. The summed E-state index contributed by atoms with van der Waals surface area (Å²) in [5, 5.41) is 0. The van der Waals surface area contributed by atoms with Gasteiger partial charge in [-0.1, -0.05) is 121 Å². The summed E-state index contributed by atoms with van der Waals surface area (Å²) in [5.41, 5.74) is 17.3. The average Bonchev–Trinajstić information content (AvgIpc) is 3.12. The zero-order valence-electron chi connectivity index (χ0n) is 24.1. The number of aromatic nitrogens is 1. The third-order valence-corrected chi connectivity index (χ3v) is 9.15. The maximum absolute atomic E-state index is 4.64. The minimum atomic E-state index is 0.0962. The van der Waals surface area contributed by atoms with Crippen molar-refractivity contribution in [2.45, 2.75) is 0 Å². The molecule has 204 valence electrons. The summed E-state index contributed by atoms with van der Waals surface area (Å²) in [5.74, 6) is 0. The van der Waals surface area contributed by atoms with E-state index in [0.29, 0.717) is 0 Å². The minimum absolute atomic E-state index is 0.0962. The van der Waals surface area contributed by atoms with Gasteiger partial charge in [0, 0.05) is 46.0 Å². The first kappa shape index (κ1) is 24.9. The molecule has 0 saturated heterocycles. The molecule has 7 aromatic rings. The normalized spacial score (nSPS) is 12.5. The fourth-order valence-corrected chi connectivity index (χ4v) is 7.11. The van der Waals surface area contributed by atoms with Crippen LogP contribution in [0.4, 0.5) is 11.4 Å². The molecule has 0 amide bonds. The number of rotatable bonds is 3. The third kappa shape index (κ3) is 3.87. The van der Waals surface area contributed by atoms with Gasteiger partial charge in [0.2, 0.25) is 0 Å². The summed E-state index contributed by atoms with van der Waals surface area (Å²) in [7, 11) is 0. The standard InChI is InChI=1S/C41H27BN2/c1-3-11-28(12-4-1)30-19-21-40-36(24-30)34-15-7-9-17-38(34)42-39-18-10-8-16-35(39)37-25-31(20-22-41(37)44(40)42)33-23-32(26-43-27-33)29-13-5-2-6-14-29/h1-27H. The van der Waals surface area contributed by atoms with E-state index in [1.54, 1.807) is 0 Å². The molecular formula is C41H27BN2. The van der Waals surface area contributed by atoms with Crippen LogP contribution in [0, 0.1) is 0 Å². The van der Waals surface area contributed by atoms with E-state index < -0.39 is 0 Å². The van der Waals surface area contributed by atoms with Crippen LogP contribution >= 0.6 is 0 Å². The van der Waals surface area contributed by atoms with Crippen LogP contribution in [0.15, 0.2) is 164 Å². The molecule has 44 heavy (non-hydrogen) atoms. The SMILES string of the molecule is c1ccc(-c2cncc(-c3ccc4c(c3)-c3ccccc3B3c5ccccc5-c5cc(-c6ccccc6)ccc5N34)c2)cc1. The van der Waals surface area contributed by atoms with Crippen molar-refractivity contribution in [3.8, 4) is 55.6 Å². The molecule has 3 heteroatoms. The number of pyridine rings is 1. The lowest BCUT2D eigenvalue weighted by molar-refractivity contribution is 1.32. The van der Waals surface area contributed by atoms with Crippen LogP contribution in [0.2, 0.25) is 0 Å². The second kappa shape index (κ2) is 9.96. The molecule has 0 bridgehead atoms. The molecule has 0 spiro atoms. The molecule has 0 fully saturated rings. The van der Waals surface area contributed by atoms with Gasteiger partial charge < -0.3 is 4.81 Å². The first-order valence-corrected chi connectivity index (χ1v) is 15.2. The Bertz CT molecular complexity index is 2190. The van der Waals surface area contributed by atoms with E-state index in [0.717, 1.165) is 11.1 Å². The smallest absolute Gasteiger partial charge is 0.329 e. The van der Waals surface area contributed by atoms with Crippen molar-refractivity contribution in [1.82, 2.24) is 4.98 Å². The van der Waals surface area contributed by atoms with Crippen LogP contribution < -0.4 is 15.7 Å².